The van der Waals surface area contributed by atoms with E-state index < -0.39 is 127 Å². The highest BCUT2D eigenvalue weighted by Gasteiger charge is 2.42. The molecule has 79 heavy (non-hydrogen) atoms. The molecule has 1 saturated heterocycles. The first-order chi connectivity index (χ1) is 36.5. The van der Waals surface area contributed by atoms with Gasteiger partial charge in [0.2, 0.25) is 41.4 Å². The maximum Gasteiger partial charge on any atom is 0.417 e. The lowest BCUT2D eigenvalue weighted by molar-refractivity contribution is -0.152. The fourth-order valence-corrected chi connectivity index (χ4v) is 9.89. The number of hydrogen-bond donors (Lipinski definition) is 5. The van der Waals surface area contributed by atoms with Gasteiger partial charge in [0.1, 0.15) is 42.3 Å². The number of carbonyl (C=O) groups excluding carboxylic acids is 9. The number of aliphatic hydroxyl groups excluding tert-OH is 1. The molecule has 1 fully saturated rings. The van der Waals surface area contributed by atoms with E-state index in [1.54, 1.807) is 20.8 Å². The molecule has 21 nitrogen and oxygen atoms in total. The van der Waals surface area contributed by atoms with Crippen LogP contribution in [0.25, 0.3) is 0 Å². The van der Waals surface area contributed by atoms with Crippen molar-refractivity contribution in [1.29, 1.82) is 0 Å². The minimum atomic E-state index is -1.56. The quantitative estimate of drug-likeness (QED) is 0.0792. The molecule has 11 atom stereocenters. The predicted molar refractivity (Wildman–Crippen MR) is 307 cm³/mol. The van der Waals surface area contributed by atoms with E-state index in [1.807, 2.05) is 107 Å². The lowest BCUT2D eigenvalue weighted by Gasteiger charge is -2.40. The zero-order chi connectivity index (χ0) is 61.1. The summed E-state index contributed by atoms with van der Waals surface area (Å²) < 4.78 is 5.48. The van der Waals surface area contributed by atoms with E-state index in [9.17, 15) is 48.3 Å². The van der Waals surface area contributed by atoms with E-state index in [-0.39, 0.29) is 61.2 Å². The number of carbonyl (C=O) groups is 9. The third-order valence-electron chi connectivity index (χ3n) is 14.6. The van der Waals surface area contributed by atoms with Crippen LogP contribution >= 0.6 is 0 Å². The molecule has 1 heterocycles. The lowest BCUT2D eigenvalue weighted by atomic mass is 9.94. The van der Waals surface area contributed by atoms with Crippen molar-refractivity contribution in [2.45, 2.75) is 216 Å². The number of hydrogen-bond acceptors (Lipinski definition) is 13. The number of esters is 1. The van der Waals surface area contributed by atoms with Crippen LogP contribution in [0.15, 0.2) is 12.2 Å². The summed E-state index contributed by atoms with van der Waals surface area (Å²) in [5, 5.41) is 23.2. The van der Waals surface area contributed by atoms with Gasteiger partial charge in [0.25, 0.3) is 0 Å². The molecule has 1 rings (SSSR count). The Labute approximate surface area is 474 Å². The third kappa shape index (κ3) is 22.7. The predicted octanol–water partition coefficient (Wildman–Crippen LogP) is 4.81. The molecule has 0 aliphatic carbocycles. The van der Waals surface area contributed by atoms with Gasteiger partial charge in [-0.05, 0) is 114 Å². The van der Waals surface area contributed by atoms with Gasteiger partial charge in [-0.1, -0.05) is 102 Å². The molecule has 0 aromatic rings. The van der Waals surface area contributed by atoms with Gasteiger partial charge >= 0.3 is 12.1 Å². The SMILES string of the molecule is C/C=C/C[C@@H](C)CC1C(=O)NC([C@@H](C)O)C(=O)N(C)CC(=O)N(C)[C@@H](CC(C)C)C(=O)N[C@H](CC(C)C)N(C)[C@H](CC(C)C)N[C@H](C)C(=O)OC(=O)N(C)[C@H](CC(C)C)C(=O)N[C@H](CC(C)C)C(=O)N(C)C(C(C)C)C(=O)N1C. The minimum absolute atomic E-state index is 0.0551. The van der Waals surface area contributed by atoms with E-state index in [1.165, 1.54) is 56.9 Å². The van der Waals surface area contributed by atoms with Gasteiger partial charge < -0.3 is 45.4 Å². The molecule has 1 aliphatic heterocycles. The van der Waals surface area contributed by atoms with Gasteiger partial charge in [0, 0.05) is 35.2 Å². The average Bonchev–Trinajstić information content (AvgIpc) is 3.33. The van der Waals surface area contributed by atoms with E-state index in [2.05, 4.69) is 21.3 Å². The van der Waals surface area contributed by atoms with Gasteiger partial charge in [0.05, 0.1) is 25.0 Å². The van der Waals surface area contributed by atoms with Crippen LogP contribution in [-0.4, -0.2) is 197 Å². The fraction of sp³-hybridized carbons (Fsp3) is 0.810. The van der Waals surface area contributed by atoms with Crippen molar-refractivity contribution in [2.75, 3.05) is 48.8 Å². The largest absolute Gasteiger partial charge is 0.417 e. The summed E-state index contributed by atoms with van der Waals surface area (Å²) in [5.41, 5.74) is 0. The van der Waals surface area contributed by atoms with E-state index in [0.717, 1.165) is 9.80 Å². The highest BCUT2D eigenvalue weighted by atomic mass is 16.6. The van der Waals surface area contributed by atoms with Crippen LogP contribution in [0.2, 0.25) is 0 Å². The molecular weight excluding hydrogens is 1010 g/mol. The van der Waals surface area contributed by atoms with Gasteiger partial charge in [-0.25, -0.2) is 9.59 Å². The summed E-state index contributed by atoms with van der Waals surface area (Å²) in [7, 11) is 8.93. The van der Waals surface area contributed by atoms with Crippen LogP contribution in [0, 0.1) is 41.4 Å². The Kier molecular flexibility index (Phi) is 30.5. The lowest BCUT2D eigenvalue weighted by Crippen LogP contribution is -2.62. The van der Waals surface area contributed by atoms with Crippen LogP contribution in [-0.2, 0) is 43.1 Å². The number of rotatable bonds is 16. The molecule has 8 amide bonds. The molecule has 3 unspecified atom stereocenters. The number of nitrogens with one attached hydrogen (secondary N) is 4. The van der Waals surface area contributed by atoms with Gasteiger partial charge in [-0.15, -0.1) is 0 Å². The minimum Gasteiger partial charge on any atom is -0.391 e. The molecule has 5 N–H and O–H groups in total. The first-order valence-electron chi connectivity index (χ1n) is 28.7. The van der Waals surface area contributed by atoms with Crippen LogP contribution in [0.4, 0.5) is 4.79 Å². The zero-order valence-electron chi connectivity index (χ0n) is 52.3. The van der Waals surface area contributed by atoms with E-state index in [4.69, 9.17) is 4.74 Å². The average molecular weight is 1120 g/mol. The number of allylic oxidation sites excluding steroid dienone is 2. The fourth-order valence-electron chi connectivity index (χ4n) is 9.89. The summed E-state index contributed by atoms with van der Waals surface area (Å²) in [4.78, 5) is 138. The van der Waals surface area contributed by atoms with Crippen LogP contribution in [0.3, 0.4) is 0 Å². The summed E-state index contributed by atoms with van der Waals surface area (Å²) in [6, 6.07) is -8.38. The summed E-state index contributed by atoms with van der Waals surface area (Å²) in [6.45, 7) is 29.0. The van der Waals surface area contributed by atoms with Crippen molar-refractivity contribution in [3.8, 4) is 0 Å². The maximum absolute atomic E-state index is 15.0. The maximum atomic E-state index is 15.0. The smallest absolute Gasteiger partial charge is 0.391 e. The molecular formula is C58H106N10O11. The van der Waals surface area contributed by atoms with Crippen LogP contribution < -0.4 is 21.3 Å². The molecule has 454 valence electrons. The van der Waals surface area contributed by atoms with Crippen LogP contribution in [0.5, 0.6) is 0 Å². The van der Waals surface area contributed by atoms with Gasteiger partial charge in [-0.2, -0.15) is 0 Å². The third-order valence-corrected chi connectivity index (χ3v) is 14.6. The number of nitrogens with zero attached hydrogens (tertiary/aromatic N) is 6. The van der Waals surface area contributed by atoms with Gasteiger partial charge in [-0.3, -0.25) is 48.7 Å². The second-order valence-corrected chi connectivity index (χ2v) is 24.8. The van der Waals surface area contributed by atoms with Crippen LogP contribution in [0.1, 0.15) is 156 Å². The van der Waals surface area contributed by atoms with E-state index in [0.29, 0.717) is 19.3 Å². The van der Waals surface area contributed by atoms with Crippen molar-refractivity contribution in [1.82, 2.24) is 50.7 Å². The monoisotopic (exact) mass is 1120 g/mol. The zero-order valence-corrected chi connectivity index (χ0v) is 52.3. The van der Waals surface area contributed by atoms with E-state index >= 15 is 0 Å². The normalized spacial score (nSPS) is 26.8. The number of likely N-dealkylation sites (N-methyl/N-ethyl adjacent to an activating group) is 5. The summed E-state index contributed by atoms with van der Waals surface area (Å²) in [6.07, 6.45) is 2.25. The number of cyclic esters (lactones) is 2. The standard InChI is InChI=1S/C58H106N10O11/c1-23-24-25-39(14)31-45-53(73)62-49(41(16)69)55(75)63(17)32-48(70)64(18)43(27-34(4)5)52(72)61-47(30-37(10)11)67(21)46(29-36(8)9)59-40(15)57(77)79-58(78)66(20)44(28-35(6)7)51(71)60-42(26-33(2)3)54(74)68(22)50(38(12)13)56(76)65(45)19/h23-24,33-47,49-50,59,69H,25-32H2,1-22H3,(H,60,71)(H,61,72)(H,62,73)/b24-23+/t39-,40-,41-,42-,43+,44-,45?,46-,47+,49?,50?/m1/s1. The Morgan fingerprint density at radius 3 is 1.51 bits per heavy atom. The first kappa shape index (κ1) is 71.9. The summed E-state index contributed by atoms with van der Waals surface area (Å²) >= 11 is 0. The van der Waals surface area contributed by atoms with Crippen molar-refractivity contribution in [2.24, 2.45) is 41.4 Å². The topological polar surface area (TPSA) is 251 Å². The first-order valence-corrected chi connectivity index (χ1v) is 28.7. The van der Waals surface area contributed by atoms with Crippen molar-refractivity contribution >= 4 is 53.4 Å². The Bertz CT molecular complexity index is 2050. The second kappa shape index (κ2) is 33.6. The second-order valence-electron chi connectivity index (χ2n) is 24.8. The molecule has 0 spiro atoms. The number of ether oxygens (including phenoxy) is 1. The highest BCUT2D eigenvalue weighted by Crippen LogP contribution is 2.24. The van der Waals surface area contributed by atoms with Crippen molar-refractivity contribution < 1.29 is 53.0 Å². The number of aliphatic hydroxyl groups is 1. The Morgan fingerprint density at radius 2 is 1.03 bits per heavy atom. The Balaban J connectivity index is 4.26. The molecule has 0 bridgehead atoms. The number of amides is 8. The highest BCUT2D eigenvalue weighted by molar-refractivity contribution is 5.97. The summed E-state index contributed by atoms with van der Waals surface area (Å²) in [5.74, 6) is -6.23. The Hall–Kier alpha value is -5.15. The molecule has 0 saturated carbocycles. The van der Waals surface area contributed by atoms with Crippen molar-refractivity contribution in [3.63, 3.8) is 0 Å². The Morgan fingerprint density at radius 1 is 0.557 bits per heavy atom. The molecule has 1 aliphatic rings. The molecule has 0 aromatic carbocycles. The molecule has 0 aromatic heterocycles. The molecule has 21 heteroatoms. The van der Waals surface area contributed by atoms with Crippen molar-refractivity contribution in [3.05, 3.63) is 12.2 Å². The van der Waals surface area contributed by atoms with Gasteiger partial charge in [0.15, 0.2) is 0 Å². The molecule has 0 radical (unpaired) electrons.